The zero-order valence-corrected chi connectivity index (χ0v) is 28.6. The molecule has 0 saturated heterocycles. The molecule has 0 aromatic heterocycles. The fraction of sp³-hybridized carbons (Fsp3) is 0.794. The summed E-state index contributed by atoms with van der Waals surface area (Å²) in [6.45, 7) is 3.85. The summed E-state index contributed by atoms with van der Waals surface area (Å²) in [5, 5.41) is 23.7. The molecule has 10 heteroatoms. The van der Waals surface area contributed by atoms with Gasteiger partial charge in [0.05, 0.1) is 37.9 Å². The van der Waals surface area contributed by atoms with Crippen LogP contribution in [0.3, 0.4) is 0 Å². The Morgan fingerprint density at radius 3 is 1.89 bits per heavy atom. The predicted molar refractivity (Wildman–Crippen MR) is 181 cm³/mol. The zero-order valence-electron chi connectivity index (χ0n) is 27.8. The van der Waals surface area contributed by atoms with E-state index in [2.05, 4.69) is 43.5 Å². The summed E-state index contributed by atoms with van der Waals surface area (Å²) < 4.78 is 21.9. The molecule has 0 bridgehead atoms. The summed E-state index contributed by atoms with van der Waals surface area (Å²) in [6.07, 6.45) is 29.5. The number of nitrogens with one attached hydrogen (secondary N) is 1. The Hall–Kier alpha value is -1.32. The van der Waals surface area contributed by atoms with E-state index in [-0.39, 0.29) is 19.6 Å². The molecule has 0 heterocycles. The van der Waals surface area contributed by atoms with E-state index in [1.165, 1.54) is 57.8 Å². The molecule has 0 fully saturated rings. The van der Waals surface area contributed by atoms with E-state index in [0.717, 1.165) is 44.9 Å². The summed E-state index contributed by atoms with van der Waals surface area (Å²) in [4.78, 5) is 22.5. The van der Waals surface area contributed by atoms with E-state index in [4.69, 9.17) is 14.8 Å². The molecule has 0 aliphatic rings. The molecule has 0 aliphatic carbocycles. The van der Waals surface area contributed by atoms with Crippen molar-refractivity contribution in [2.45, 2.75) is 154 Å². The Labute approximate surface area is 268 Å². The number of aliphatic hydroxyl groups is 2. The molecule has 0 spiro atoms. The molecule has 1 amide bonds. The lowest BCUT2D eigenvalue weighted by atomic mass is 10.0. The summed E-state index contributed by atoms with van der Waals surface area (Å²) >= 11 is 0. The van der Waals surface area contributed by atoms with Gasteiger partial charge in [-0.3, -0.25) is 13.8 Å². The number of allylic oxidation sites excluding steroid dienone is 5. The second-order valence-corrected chi connectivity index (χ2v) is 13.0. The maximum absolute atomic E-state index is 12.7. The molecule has 9 nitrogen and oxygen atoms in total. The number of unbranched alkanes of at least 4 members (excludes halogenated alkanes) is 13. The quantitative estimate of drug-likeness (QED) is 0.0297. The van der Waals surface area contributed by atoms with Gasteiger partial charge >= 0.3 is 7.82 Å². The van der Waals surface area contributed by atoms with E-state index in [0.29, 0.717) is 12.8 Å². The second-order valence-electron chi connectivity index (χ2n) is 11.5. The van der Waals surface area contributed by atoms with Crippen molar-refractivity contribution in [1.82, 2.24) is 5.32 Å². The predicted octanol–water partition coefficient (Wildman–Crippen LogP) is 7.41. The molecule has 44 heavy (non-hydrogen) atoms. The smallest absolute Gasteiger partial charge is 0.393 e. The van der Waals surface area contributed by atoms with Gasteiger partial charge < -0.3 is 26.2 Å². The normalized spacial score (nSPS) is 15.7. The fourth-order valence-electron chi connectivity index (χ4n) is 4.62. The fourth-order valence-corrected chi connectivity index (χ4v) is 5.38. The van der Waals surface area contributed by atoms with Gasteiger partial charge in [-0.25, -0.2) is 4.57 Å². The van der Waals surface area contributed by atoms with E-state index in [9.17, 15) is 24.5 Å². The van der Waals surface area contributed by atoms with Gasteiger partial charge in [-0.05, 0) is 44.9 Å². The number of rotatable bonds is 31. The van der Waals surface area contributed by atoms with Crippen LogP contribution in [0.4, 0.5) is 0 Å². The van der Waals surface area contributed by atoms with Gasteiger partial charge in [-0.1, -0.05) is 121 Å². The molecule has 4 unspecified atom stereocenters. The highest BCUT2D eigenvalue weighted by Gasteiger charge is 2.27. The first-order chi connectivity index (χ1) is 21.3. The minimum atomic E-state index is -4.40. The minimum Gasteiger partial charge on any atom is -0.393 e. The van der Waals surface area contributed by atoms with Crippen molar-refractivity contribution >= 4 is 13.7 Å². The van der Waals surface area contributed by atoms with Crippen LogP contribution in [0.2, 0.25) is 0 Å². The Kier molecular flexibility index (Phi) is 29.4. The molecule has 0 aromatic carbocycles. The van der Waals surface area contributed by atoms with E-state index >= 15 is 0 Å². The van der Waals surface area contributed by atoms with Crippen LogP contribution in [0.25, 0.3) is 0 Å². The first kappa shape index (κ1) is 42.7. The number of hydrogen-bond donors (Lipinski definition) is 5. The molecule has 0 radical (unpaired) electrons. The Bertz CT molecular complexity index is 806. The number of carbonyl (C=O) groups is 1. The molecule has 258 valence electrons. The lowest BCUT2D eigenvalue weighted by molar-refractivity contribution is -0.124. The Balaban J connectivity index is 4.62. The van der Waals surface area contributed by atoms with Gasteiger partial charge in [0.1, 0.15) is 0 Å². The van der Waals surface area contributed by atoms with E-state index in [1.807, 2.05) is 6.08 Å². The number of carbonyl (C=O) groups excluding carboxylic acids is 1. The van der Waals surface area contributed by atoms with Gasteiger partial charge in [0.2, 0.25) is 5.91 Å². The van der Waals surface area contributed by atoms with Crippen molar-refractivity contribution in [3.8, 4) is 0 Å². The molecule has 0 aliphatic heterocycles. The lowest BCUT2D eigenvalue weighted by Gasteiger charge is -2.24. The first-order valence-electron chi connectivity index (χ1n) is 17.2. The van der Waals surface area contributed by atoms with Crippen molar-refractivity contribution in [3.05, 3.63) is 36.5 Å². The summed E-state index contributed by atoms with van der Waals surface area (Å²) in [5.41, 5.74) is 5.32. The van der Waals surface area contributed by atoms with Gasteiger partial charge in [-0.15, -0.1) is 0 Å². The number of aliphatic hydroxyl groups excluding tert-OH is 2. The maximum Gasteiger partial charge on any atom is 0.472 e. The highest BCUT2D eigenvalue weighted by Crippen LogP contribution is 2.43. The molecule has 6 N–H and O–H groups in total. The SMILES string of the molecule is CCCCC/C=C/CC/C=C/CC/C=C/C(O)C(COP(=O)(O)OCCN)NC(=O)CC(O)CCCCCCCCCCC. The molecule has 0 rings (SSSR count). The largest absolute Gasteiger partial charge is 0.472 e. The number of nitrogens with two attached hydrogens (primary N) is 1. The molecular formula is C34H65N2O7P. The average Bonchev–Trinajstić information content (AvgIpc) is 2.99. The molecule has 4 atom stereocenters. The first-order valence-corrected chi connectivity index (χ1v) is 18.7. The molecule has 0 saturated carbocycles. The Morgan fingerprint density at radius 2 is 1.30 bits per heavy atom. The van der Waals surface area contributed by atoms with Crippen LogP contribution in [0.15, 0.2) is 36.5 Å². The molecule has 0 aromatic rings. The third-order valence-electron chi connectivity index (χ3n) is 7.25. The standard InChI is InChI=1S/C34H65N2O7P/c1-3-5-7-9-11-13-14-15-16-18-20-22-24-26-33(38)32(30-43-44(40,41)42-28-27-35)36-34(39)29-31(37)25-23-21-19-17-12-10-8-6-4-2/h11,13,16,18,24,26,31-33,37-38H,3-10,12,14-15,17,19-23,25,27-30,35H2,1-2H3,(H,36,39)(H,40,41)/b13-11+,18-16+,26-24+. The second kappa shape index (κ2) is 30.3. The van der Waals surface area contributed by atoms with Crippen molar-refractivity contribution in [3.63, 3.8) is 0 Å². The monoisotopic (exact) mass is 644 g/mol. The third kappa shape index (κ3) is 28.2. The van der Waals surface area contributed by atoms with E-state index in [1.54, 1.807) is 6.08 Å². The van der Waals surface area contributed by atoms with Crippen LogP contribution in [0.1, 0.15) is 136 Å². The minimum absolute atomic E-state index is 0.0421. The number of amides is 1. The maximum atomic E-state index is 12.7. The van der Waals surface area contributed by atoms with Gasteiger partial charge in [0, 0.05) is 6.54 Å². The van der Waals surface area contributed by atoms with Crippen molar-refractivity contribution < 1.29 is 33.5 Å². The Morgan fingerprint density at radius 1 is 0.773 bits per heavy atom. The van der Waals surface area contributed by atoms with Crippen LogP contribution >= 0.6 is 7.82 Å². The highest BCUT2D eigenvalue weighted by molar-refractivity contribution is 7.47. The topological polar surface area (TPSA) is 151 Å². The van der Waals surface area contributed by atoms with Gasteiger partial charge in [0.25, 0.3) is 0 Å². The van der Waals surface area contributed by atoms with Crippen LogP contribution in [0, 0.1) is 0 Å². The average molecular weight is 645 g/mol. The summed E-state index contributed by atoms with van der Waals surface area (Å²) in [6, 6.07) is -1.000. The summed E-state index contributed by atoms with van der Waals surface area (Å²) in [5.74, 6) is -0.465. The van der Waals surface area contributed by atoms with Gasteiger partial charge in [-0.2, -0.15) is 0 Å². The number of phosphoric acid groups is 1. The van der Waals surface area contributed by atoms with Crippen molar-refractivity contribution in [2.24, 2.45) is 5.73 Å². The number of phosphoric ester groups is 1. The van der Waals surface area contributed by atoms with Crippen molar-refractivity contribution in [1.29, 1.82) is 0 Å². The molecular weight excluding hydrogens is 579 g/mol. The van der Waals surface area contributed by atoms with Crippen LogP contribution < -0.4 is 11.1 Å². The van der Waals surface area contributed by atoms with Crippen molar-refractivity contribution in [2.75, 3.05) is 19.8 Å². The third-order valence-corrected chi connectivity index (χ3v) is 8.24. The van der Waals surface area contributed by atoms with Gasteiger partial charge in [0.15, 0.2) is 0 Å². The van der Waals surface area contributed by atoms with E-state index < -0.39 is 38.6 Å². The number of hydrogen-bond acceptors (Lipinski definition) is 7. The zero-order chi connectivity index (χ0) is 32.7. The lowest BCUT2D eigenvalue weighted by Crippen LogP contribution is -2.46. The van der Waals surface area contributed by atoms with Crippen LogP contribution in [0.5, 0.6) is 0 Å². The summed E-state index contributed by atoms with van der Waals surface area (Å²) in [7, 11) is -4.40. The highest BCUT2D eigenvalue weighted by atomic mass is 31.2. The van der Waals surface area contributed by atoms with Crippen LogP contribution in [-0.4, -0.2) is 59.0 Å². The van der Waals surface area contributed by atoms with Crippen LogP contribution in [-0.2, 0) is 18.4 Å².